The molecule has 97 heavy (non-hydrogen) atoms. The molecule has 1 amide bonds. The highest BCUT2D eigenvalue weighted by molar-refractivity contribution is 5.76. The Hall–Kier alpha value is -1.85. The number of hydrogen-bond donors (Lipinski definition) is 6. The Kier molecular flexibility index (Phi) is 73.7. The molecule has 1 rings (SSSR count). The fourth-order valence-electron chi connectivity index (χ4n) is 14.1. The molecule has 0 spiro atoms. The van der Waals surface area contributed by atoms with Crippen LogP contribution in [-0.2, 0) is 14.3 Å². The number of aliphatic hydroxyl groups excluding tert-OH is 5. The molecule has 7 unspecified atom stereocenters. The number of allylic oxidation sites excluding steroid dienone is 7. The maximum Gasteiger partial charge on any atom is 0.220 e. The molecule has 1 heterocycles. The summed E-state index contributed by atoms with van der Waals surface area (Å²) in [4.78, 5) is 13.2. The van der Waals surface area contributed by atoms with Crippen LogP contribution in [0.2, 0.25) is 0 Å². The Bertz CT molecular complexity index is 1680. The third-order valence-electron chi connectivity index (χ3n) is 20.9. The Balaban J connectivity index is 2.05. The van der Waals surface area contributed by atoms with Crippen molar-refractivity contribution in [3.05, 3.63) is 48.6 Å². The van der Waals surface area contributed by atoms with E-state index >= 15 is 0 Å². The molecular weight excluding hydrogens is 1200 g/mol. The molecule has 0 radical (unpaired) electrons. The number of hydrogen-bond acceptors (Lipinski definition) is 8. The Morgan fingerprint density at radius 2 is 0.588 bits per heavy atom. The van der Waals surface area contributed by atoms with Crippen molar-refractivity contribution in [1.82, 2.24) is 5.32 Å². The van der Waals surface area contributed by atoms with E-state index in [4.69, 9.17) is 9.47 Å². The van der Waals surface area contributed by atoms with Crippen molar-refractivity contribution in [2.75, 3.05) is 13.2 Å². The molecule has 0 aromatic heterocycles. The van der Waals surface area contributed by atoms with Crippen LogP contribution >= 0.6 is 0 Å². The van der Waals surface area contributed by atoms with Gasteiger partial charge >= 0.3 is 0 Å². The second-order valence-electron chi connectivity index (χ2n) is 30.3. The van der Waals surface area contributed by atoms with Crippen molar-refractivity contribution in [3.8, 4) is 0 Å². The van der Waals surface area contributed by atoms with Gasteiger partial charge in [-0.2, -0.15) is 0 Å². The van der Waals surface area contributed by atoms with Gasteiger partial charge in [-0.05, 0) is 70.6 Å². The predicted molar refractivity (Wildman–Crippen MR) is 420 cm³/mol. The molecular formula is C88H167NO8. The van der Waals surface area contributed by atoms with Gasteiger partial charge in [-0.25, -0.2) is 0 Å². The van der Waals surface area contributed by atoms with E-state index in [0.717, 1.165) is 44.9 Å². The second-order valence-corrected chi connectivity index (χ2v) is 30.3. The van der Waals surface area contributed by atoms with E-state index in [-0.39, 0.29) is 12.5 Å². The topological polar surface area (TPSA) is 149 Å². The molecule has 9 heteroatoms. The summed E-state index contributed by atoms with van der Waals surface area (Å²) in [6.45, 7) is 3.82. The quantitative estimate of drug-likeness (QED) is 0.0261. The number of rotatable bonds is 78. The van der Waals surface area contributed by atoms with Crippen molar-refractivity contribution in [2.24, 2.45) is 0 Å². The zero-order valence-electron chi connectivity index (χ0n) is 64.6. The van der Waals surface area contributed by atoms with Crippen molar-refractivity contribution in [1.29, 1.82) is 0 Å². The van der Waals surface area contributed by atoms with Crippen LogP contribution < -0.4 is 5.32 Å². The minimum absolute atomic E-state index is 0.182. The summed E-state index contributed by atoms with van der Waals surface area (Å²) in [6.07, 6.45) is 100. The monoisotopic (exact) mass is 1370 g/mol. The van der Waals surface area contributed by atoms with Gasteiger partial charge in [0.2, 0.25) is 5.91 Å². The normalized spacial score (nSPS) is 17.5. The van der Waals surface area contributed by atoms with Gasteiger partial charge in [-0.1, -0.05) is 422 Å². The summed E-state index contributed by atoms with van der Waals surface area (Å²) in [5, 5.41) is 54.9. The summed E-state index contributed by atoms with van der Waals surface area (Å²) < 4.78 is 11.3. The highest BCUT2D eigenvalue weighted by Crippen LogP contribution is 2.24. The SMILES string of the molecule is CCCCCCCCCC/C=C\CCCCCCCCCCCCCCCCCCCCCCCCCCCCCCCC(=O)NC(COC1OC(CO)C(O)C(O)C1O)C(O)/C=C/CC/C=C/CC/C=C/CCCCCCCCCCCCCCCCCCCCCCCCC. The molecule has 9 nitrogen and oxygen atoms in total. The summed E-state index contributed by atoms with van der Waals surface area (Å²) in [5.41, 5.74) is 0. The first kappa shape index (κ1) is 93.2. The Morgan fingerprint density at radius 1 is 0.340 bits per heavy atom. The van der Waals surface area contributed by atoms with E-state index in [9.17, 15) is 30.3 Å². The first-order valence-electron chi connectivity index (χ1n) is 43.4. The average molecular weight is 1370 g/mol. The molecule has 0 aliphatic carbocycles. The largest absolute Gasteiger partial charge is 0.394 e. The van der Waals surface area contributed by atoms with Crippen molar-refractivity contribution in [3.63, 3.8) is 0 Å². The first-order chi connectivity index (χ1) is 47.8. The van der Waals surface area contributed by atoms with Crippen LogP contribution in [-0.4, -0.2) is 87.5 Å². The van der Waals surface area contributed by atoms with Crippen LogP contribution in [0.25, 0.3) is 0 Å². The van der Waals surface area contributed by atoms with Gasteiger partial charge in [0, 0.05) is 6.42 Å². The summed E-state index contributed by atoms with van der Waals surface area (Å²) >= 11 is 0. The lowest BCUT2D eigenvalue weighted by atomic mass is 9.99. The second kappa shape index (κ2) is 76.8. The number of unbranched alkanes of at least 4 members (excludes halogenated alkanes) is 62. The molecule has 0 bridgehead atoms. The van der Waals surface area contributed by atoms with Gasteiger partial charge in [-0.3, -0.25) is 4.79 Å². The number of nitrogens with one attached hydrogen (secondary N) is 1. The van der Waals surface area contributed by atoms with Crippen LogP contribution in [0.1, 0.15) is 450 Å². The van der Waals surface area contributed by atoms with E-state index in [2.05, 4.69) is 55.6 Å². The van der Waals surface area contributed by atoms with Gasteiger partial charge < -0.3 is 40.3 Å². The molecule has 0 aromatic carbocycles. The first-order valence-corrected chi connectivity index (χ1v) is 43.4. The average Bonchev–Trinajstić information content (AvgIpc) is 0.854. The third kappa shape index (κ3) is 64.7. The molecule has 1 saturated heterocycles. The lowest BCUT2D eigenvalue weighted by Gasteiger charge is -2.40. The summed E-state index contributed by atoms with van der Waals surface area (Å²) in [5.74, 6) is -0.182. The van der Waals surface area contributed by atoms with Crippen molar-refractivity contribution in [2.45, 2.75) is 493 Å². The molecule has 1 aliphatic rings. The molecule has 7 atom stereocenters. The van der Waals surface area contributed by atoms with Gasteiger partial charge in [0.1, 0.15) is 24.4 Å². The van der Waals surface area contributed by atoms with Crippen LogP contribution in [0, 0.1) is 0 Å². The molecule has 1 fully saturated rings. The van der Waals surface area contributed by atoms with Crippen LogP contribution in [0.3, 0.4) is 0 Å². The molecule has 1 aliphatic heterocycles. The zero-order chi connectivity index (χ0) is 69.9. The van der Waals surface area contributed by atoms with E-state index in [1.165, 1.54) is 385 Å². The number of carbonyl (C=O) groups is 1. The van der Waals surface area contributed by atoms with E-state index in [1.807, 2.05) is 6.08 Å². The van der Waals surface area contributed by atoms with Crippen LogP contribution in [0.15, 0.2) is 48.6 Å². The van der Waals surface area contributed by atoms with Gasteiger partial charge in [0.15, 0.2) is 6.29 Å². The van der Waals surface area contributed by atoms with Gasteiger partial charge in [-0.15, -0.1) is 0 Å². The maximum atomic E-state index is 13.2. The van der Waals surface area contributed by atoms with Crippen molar-refractivity contribution < 1.29 is 39.8 Å². The highest BCUT2D eigenvalue weighted by atomic mass is 16.7. The van der Waals surface area contributed by atoms with E-state index < -0.39 is 49.5 Å². The third-order valence-corrected chi connectivity index (χ3v) is 20.9. The van der Waals surface area contributed by atoms with Crippen LogP contribution in [0.4, 0.5) is 0 Å². The van der Waals surface area contributed by atoms with Crippen molar-refractivity contribution >= 4 is 5.91 Å². The minimum atomic E-state index is -1.58. The Morgan fingerprint density at radius 3 is 0.866 bits per heavy atom. The number of carbonyl (C=O) groups excluding carboxylic acids is 1. The molecule has 6 N–H and O–H groups in total. The fraction of sp³-hybridized carbons (Fsp3) is 0.898. The number of aliphatic hydroxyl groups is 5. The predicted octanol–water partition coefficient (Wildman–Crippen LogP) is 25.4. The number of amides is 1. The van der Waals surface area contributed by atoms with Gasteiger partial charge in [0.05, 0.1) is 25.4 Å². The van der Waals surface area contributed by atoms with Gasteiger partial charge in [0.25, 0.3) is 0 Å². The highest BCUT2D eigenvalue weighted by Gasteiger charge is 2.44. The maximum absolute atomic E-state index is 13.2. The lowest BCUT2D eigenvalue weighted by Crippen LogP contribution is -2.60. The molecule has 572 valence electrons. The Labute approximate surface area is 603 Å². The fourth-order valence-corrected chi connectivity index (χ4v) is 14.1. The minimum Gasteiger partial charge on any atom is -0.394 e. The number of ether oxygens (including phenoxy) is 2. The van der Waals surface area contributed by atoms with E-state index in [1.54, 1.807) is 6.08 Å². The smallest absolute Gasteiger partial charge is 0.220 e. The van der Waals surface area contributed by atoms with E-state index in [0.29, 0.717) is 6.42 Å². The lowest BCUT2D eigenvalue weighted by molar-refractivity contribution is -0.302. The van der Waals surface area contributed by atoms with Crippen LogP contribution in [0.5, 0.6) is 0 Å². The standard InChI is InChI=1S/C88H167NO8/c1-3-5-7-9-11-13-15-17-19-21-23-25-27-29-31-33-35-37-38-39-40-41-42-43-44-46-48-50-52-54-56-58-60-62-64-66-68-70-72-74-76-78-84(92)89-81(80-96-88-87(95)86(94)85(93)83(79-90)97-88)82(91)77-75-73-71-69-67-65-63-61-59-57-55-53-51-49-47-45-36-34-32-30-28-26-24-22-20-18-16-14-12-10-8-6-4-2/h21,23,59,61,67,69,75,77,81-83,85-88,90-91,93-95H,3-20,22,24-58,60,62-66,68,70-74,76,78-80H2,1-2H3,(H,89,92)/b23-21-,61-59+,69-67+,77-75+. The molecule has 0 saturated carbocycles. The summed E-state index contributed by atoms with van der Waals surface area (Å²) in [7, 11) is 0. The summed E-state index contributed by atoms with van der Waals surface area (Å²) in [6, 6.07) is -0.830. The molecule has 0 aromatic rings. The zero-order valence-corrected chi connectivity index (χ0v) is 64.6.